The Kier molecular flexibility index (Phi) is 2.71. The number of primary amides is 1. The molecule has 12 heavy (non-hydrogen) atoms. The van der Waals surface area contributed by atoms with E-state index in [0.717, 1.165) is 5.56 Å². The van der Waals surface area contributed by atoms with Crippen molar-refractivity contribution >= 4 is 17.5 Å². The van der Waals surface area contributed by atoms with Crippen molar-refractivity contribution in [3.05, 3.63) is 34.9 Å². The van der Waals surface area contributed by atoms with E-state index in [1.54, 1.807) is 31.2 Å². The van der Waals surface area contributed by atoms with Gasteiger partial charge < -0.3 is 5.73 Å². The maximum absolute atomic E-state index is 10.8. The molecule has 0 fully saturated rings. The molecule has 0 saturated heterocycles. The van der Waals surface area contributed by atoms with E-state index in [1.165, 1.54) is 0 Å². The van der Waals surface area contributed by atoms with E-state index in [1.807, 2.05) is 0 Å². The van der Waals surface area contributed by atoms with Gasteiger partial charge in [0.15, 0.2) is 0 Å². The Balaban J connectivity index is 2.89. The standard InChI is InChI=1S/C9H10ClNO/c1-6(9(11)12)7-2-4-8(10)5-3-7/h2-6H,1H3,(H2,11,12)/t6-/m1/s1. The molecule has 1 aromatic carbocycles. The average molecular weight is 184 g/mol. The highest BCUT2D eigenvalue weighted by Crippen LogP contribution is 2.17. The summed E-state index contributed by atoms with van der Waals surface area (Å²) >= 11 is 5.68. The molecule has 1 rings (SSSR count). The molecular formula is C9H10ClNO. The number of hydrogen-bond donors (Lipinski definition) is 1. The molecule has 2 N–H and O–H groups in total. The number of amides is 1. The highest BCUT2D eigenvalue weighted by atomic mass is 35.5. The van der Waals surface area contributed by atoms with Crippen molar-refractivity contribution in [2.45, 2.75) is 12.8 Å². The van der Waals surface area contributed by atoms with Gasteiger partial charge in [0.25, 0.3) is 0 Å². The quantitative estimate of drug-likeness (QED) is 0.748. The first-order valence-corrected chi connectivity index (χ1v) is 4.04. The normalized spacial score (nSPS) is 12.5. The highest BCUT2D eigenvalue weighted by Gasteiger charge is 2.10. The number of rotatable bonds is 2. The third-order valence-electron chi connectivity index (χ3n) is 1.80. The maximum Gasteiger partial charge on any atom is 0.224 e. The summed E-state index contributed by atoms with van der Waals surface area (Å²) in [5, 5.41) is 0.662. The van der Waals surface area contributed by atoms with Crippen molar-refractivity contribution in [2.75, 3.05) is 0 Å². The second-order valence-corrected chi connectivity index (χ2v) is 3.11. The molecule has 0 aliphatic carbocycles. The molecule has 0 aromatic heterocycles. The Morgan fingerprint density at radius 2 is 1.92 bits per heavy atom. The number of carbonyl (C=O) groups is 1. The van der Waals surface area contributed by atoms with E-state index in [4.69, 9.17) is 17.3 Å². The van der Waals surface area contributed by atoms with Crippen LogP contribution in [-0.2, 0) is 4.79 Å². The monoisotopic (exact) mass is 183 g/mol. The molecule has 0 aliphatic rings. The lowest BCUT2D eigenvalue weighted by atomic mass is 10.0. The summed E-state index contributed by atoms with van der Waals surface area (Å²) in [4.78, 5) is 10.8. The molecule has 1 amide bonds. The van der Waals surface area contributed by atoms with Crippen molar-refractivity contribution in [3.63, 3.8) is 0 Å². The SMILES string of the molecule is C[C@@H](C(N)=O)c1ccc(Cl)cc1. The van der Waals surface area contributed by atoms with Crippen molar-refractivity contribution in [1.29, 1.82) is 0 Å². The predicted octanol–water partition coefficient (Wildman–Crippen LogP) is 1.93. The third-order valence-corrected chi connectivity index (χ3v) is 2.05. The summed E-state index contributed by atoms with van der Waals surface area (Å²) in [5.74, 6) is -0.570. The molecule has 0 spiro atoms. The number of benzene rings is 1. The van der Waals surface area contributed by atoms with Gasteiger partial charge in [-0.25, -0.2) is 0 Å². The van der Waals surface area contributed by atoms with Crippen molar-refractivity contribution in [3.8, 4) is 0 Å². The number of nitrogens with two attached hydrogens (primary N) is 1. The molecule has 0 unspecified atom stereocenters. The van der Waals surface area contributed by atoms with Crippen LogP contribution in [0.3, 0.4) is 0 Å². The zero-order chi connectivity index (χ0) is 9.14. The number of halogens is 1. The summed E-state index contributed by atoms with van der Waals surface area (Å²) in [6.45, 7) is 1.77. The summed E-state index contributed by atoms with van der Waals surface area (Å²) < 4.78 is 0. The Morgan fingerprint density at radius 1 is 1.42 bits per heavy atom. The minimum atomic E-state index is -0.322. The summed E-state index contributed by atoms with van der Waals surface area (Å²) in [6.07, 6.45) is 0. The number of hydrogen-bond acceptors (Lipinski definition) is 1. The van der Waals surface area contributed by atoms with Crippen LogP contribution in [0.25, 0.3) is 0 Å². The molecule has 1 aromatic rings. The molecule has 0 saturated carbocycles. The highest BCUT2D eigenvalue weighted by molar-refractivity contribution is 6.30. The van der Waals surface area contributed by atoms with E-state index in [9.17, 15) is 4.79 Å². The molecule has 64 valence electrons. The van der Waals surface area contributed by atoms with Crippen LogP contribution in [0.5, 0.6) is 0 Å². The summed E-state index contributed by atoms with van der Waals surface area (Å²) in [6, 6.07) is 7.10. The van der Waals surface area contributed by atoms with Crippen LogP contribution in [0.15, 0.2) is 24.3 Å². The van der Waals surface area contributed by atoms with Crippen LogP contribution in [-0.4, -0.2) is 5.91 Å². The molecular weight excluding hydrogens is 174 g/mol. The van der Waals surface area contributed by atoms with Crippen LogP contribution in [0.1, 0.15) is 18.4 Å². The van der Waals surface area contributed by atoms with Gasteiger partial charge >= 0.3 is 0 Å². The van der Waals surface area contributed by atoms with Gasteiger partial charge in [0.05, 0.1) is 5.92 Å². The van der Waals surface area contributed by atoms with Gasteiger partial charge in [-0.1, -0.05) is 23.7 Å². The zero-order valence-corrected chi connectivity index (χ0v) is 7.51. The van der Waals surface area contributed by atoms with Gasteiger partial charge in [0, 0.05) is 5.02 Å². The predicted molar refractivity (Wildman–Crippen MR) is 49.1 cm³/mol. The van der Waals surface area contributed by atoms with Gasteiger partial charge in [-0.3, -0.25) is 4.79 Å². The van der Waals surface area contributed by atoms with Gasteiger partial charge in [-0.15, -0.1) is 0 Å². The van der Waals surface area contributed by atoms with Gasteiger partial charge in [0.1, 0.15) is 0 Å². The van der Waals surface area contributed by atoms with E-state index >= 15 is 0 Å². The molecule has 0 heterocycles. The Hall–Kier alpha value is -1.02. The Morgan fingerprint density at radius 3 is 2.33 bits per heavy atom. The minimum absolute atomic E-state index is 0.248. The van der Waals surface area contributed by atoms with Gasteiger partial charge in [0.2, 0.25) is 5.91 Å². The fraction of sp³-hybridized carbons (Fsp3) is 0.222. The smallest absolute Gasteiger partial charge is 0.224 e. The second-order valence-electron chi connectivity index (χ2n) is 2.68. The molecule has 0 aliphatic heterocycles. The fourth-order valence-corrected chi connectivity index (χ4v) is 1.04. The average Bonchev–Trinajstić information content (AvgIpc) is 2.04. The summed E-state index contributed by atoms with van der Waals surface area (Å²) in [5.41, 5.74) is 6.03. The molecule has 3 heteroatoms. The molecule has 0 bridgehead atoms. The number of carbonyl (C=O) groups excluding carboxylic acids is 1. The Labute approximate surface area is 76.3 Å². The molecule has 2 nitrogen and oxygen atoms in total. The van der Waals surface area contributed by atoms with Gasteiger partial charge in [-0.2, -0.15) is 0 Å². The topological polar surface area (TPSA) is 43.1 Å². The minimum Gasteiger partial charge on any atom is -0.369 e. The van der Waals surface area contributed by atoms with E-state index < -0.39 is 0 Å². The largest absolute Gasteiger partial charge is 0.369 e. The zero-order valence-electron chi connectivity index (χ0n) is 6.75. The van der Waals surface area contributed by atoms with E-state index in [0.29, 0.717) is 5.02 Å². The van der Waals surface area contributed by atoms with Crippen LogP contribution >= 0.6 is 11.6 Å². The van der Waals surface area contributed by atoms with Crippen molar-refractivity contribution in [1.82, 2.24) is 0 Å². The second kappa shape index (κ2) is 3.59. The lowest BCUT2D eigenvalue weighted by Crippen LogP contribution is -2.18. The van der Waals surface area contributed by atoms with E-state index in [-0.39, 0.29) is 11.8 Å². The first-order chi connectivity index (χ1) is 5.61. The lowest BCUT2D eigenvalue weighted by molar-refractivity contribution is -0.119. The fourth-order valence-electron chi connectivity index (χ4n) is 0.916. The third kappa shape index (κ3) is 1.98. The first kappa shape index (κ1) is 9.07. The van der Waals surface area contributed by atoms with Crippen molar-refractivity contribution < 1.29 is 4.79 Å². The molecule has 0 radical (unpaired) electrons. The maximum atomic E-state index is 10.8. The lowest BCUT2D eigenvalue weighted by Gasteiger charge is -2.06. The van der Waals surface area contributed by atoms with Gasteiger partial charge in [-0.05, 0) is 24.6 Å². The van der Waals surface area contributed by atoms with Crippen LogP contribution in [0.4, 0.5) is 0 Å². The van der Waals surface area contributed by atoms with Crippen LogP contribution in [0.2, 0.25) is 5.02 Å². The van der Waals surface area contributed by atoms with Crippen LogP contribution in [0, 0.1) is 0 Å². The Bertz CT molecular complexity index is 281. The first-order valence-electron chi connectivity index (χ1n) is 3.66. The van der Waals surface area contributed by atoms with Crippen LogP contribution < -0.4 is 5.73 Å². The van der Waals surface area contributed by atoms with Crippen molar-refractivity contribution in [2.24, 2.45) is 5.73 Å². The summed E-state index contributed by atoms with van der Waals surface area (Å²) in [7, 11) is 0. The van der Waals surface area contributed by atoms with E-state index in [2.05, 4.69) is 0 Å². The molecule has 1 atom stereocenters.